The number of likely N-dealkylation sites (N-methyl/N-ethyl adjacent to an activating group) is 1. The van der Waals surface area contributed by atoms with Crippen molar-refractivity contribution >= 4 is 5.91 Å². The van der Waals surface area contributed by atoms with Gasteiger partial charge in [0.15, 0.2) is 0 Å². The molecule has 0 aliphatic carbocycles. The summed E-state index contributed by atoms with van der Waals surface area (Å²) in [5, 5.41) is 0. The minimum absolute atomic E-state index is 0.0118. The molecule has 7 nitrogen and oxygen atoms in total. The van der Waals surface area contributed by atoms with E-state index in [0.717, 1.165) is 37.7 Å². The maximum Gasteiger partial charge on any atom is 0.248 e. The number of ether oxygens (including phenoxy) is 1. The van der Waals surface area contributed by atoms with Crippen LogP contribution in [0.4, 0.5) is 0 Å². The number of rotatable bonds is 6. The van der Waals surface area contributed by atoms with Crippen LogP contribution in [0.3, 0.4) is 0 Å². The molecule has 25 heavy (non-hydrogen) atoms. The van der Waals surface area contributed by atoms with Crippen LogP contribution in [0.5, 0.6) is 0 Å². The van der Waals surface area contributed by atoms with E-state index in [1.165, 1.54) is 0 Å². The Morgan fingerprint density at radius 1 is 1.28 bits per heavy atom. The molecule has 0 spiro atoms. The molecule has 0 saturated carbocycles. The number of hydrogen-bond acceptors (Lipinski definition) is 5. The molecule has 1 aliphatic rings. The third kappa shape index (κ3) is 4.87. The topological polar surface area (TPSA) is 63.5 Å². The van der Waals surface area contributed by atoms with Crippen molar-refractivity contribution in [1.82, 2.24) is 24.3 Å². The summed E-state index contributed by atoms with van der Waals surface area (Å²) in [7, 11) is 3.48. The summed E-state index contributed by atoms with van der Waals surface area (Å²) < 4.78 is 7.86. The van der Waals surface area contributed by atoms with Crippen molar-refractivity contribution in [1.29, 1.82) is 0 Å². The molecule has 3 rings (SSSR count). The highest BCUT2D eigenvalue weighted by Crippen LogP contribution is 2.17. The summed E-state index contributed by atoms with van der Waals surface area (Å²) in [5.74, 6) is 1.35. The predicted molar refractivity (Wildman–Crippen MR) is 93.6 cm³/mol. The summed E-state index contributed by atoms with van der Waals surface area (Å²) >= 11 is 0. The second-order valence-corrected chi connectivity index (χ2v) is 6.66. The molecule has 0 N–H and O–H groups in total. The lowest BCUT2D eigenvalue weighted by molar-refractivity contribution is -0.134. The number of hydrogen-bond donors (Lipinski definition) is 0. The van der Waals surface area contributed by atoms with Crippen LogP contribution in [0.1, 0.15) is 11.5 Å². The molecule has 0 aromatic carbocycles. The summed E-state index contributed by atoms with van der Waals surface area (Å²) in [5.41, 5.74) is 1.05. The van der Waals surface area contributed by atoms with E-state index in [1.54, 1.807) is 19.0 Å². The van der Waals surface area contributed by atoms with Crippen molar-refractivity contribution in [2.75, 3.05) is 33.9 Å². The van der Waals surface area contributed by atoms with Crippen LogP contribution in [0.2, 0.25) is 0 Å². The number of fused-ring (bicyclic) bond motifs is 1. The molecule has 2 aromatic heterocycles. The normalized spacial score (nSPS) is 17.8. The van der Waals surface area contributed by atoms with Gasteiger partial charge in [0, 0.05) is 58.2 Å². The van der Waals surface area contributed by atoms with Gasteiger partial charge in [-0.05, 0) is 12.1 Å². The van der Waals surface area contributed by atoms with Crippen LogP contribution in [0.15, 0.2) is 36.8 Å². The van der Waals surface area contributed by atoms with E-state index >= 15 is 0 Å². The molecule has 0 fully saturated rings. The van der Waals surface area contributed by atoms with Gasteiger partial charge < -0.3 is 14.2 Å². The molecule has 0 unspecified atom stereocenters. The van der Waals surface area contributed by atoms with Crippen LogP contribution in [-0.2, 0) is 29.2 Å². The number of carbonyl (C=O) groups excluding carboxylic acids is 1. The van der Waals surface area contributed by atoms with Gasteiger partial charge in [0.05, 0.1) is 18.8 Å². The van der Waals surface area contributed by atoms with Crippen molar-refractivity contribution < 1.29 is 9.53 Å². The maximum absolute atomic E-state index is 11.7. The van der Waals surface area contributed by atoms with Crippen LogP contribution >= 0.6 is 0 Å². The second kappa shape index (κ2) is 8.22. The monoisotopic (exact) mass is 343 g/mol. The summed E-state index contributed by atoms with van der Waals surface area (Å²) in [6.07, 6.45) is 5.67. The zero-order valence-electron chi connectivity index (χ0n) is 14.8. The second-order valence-electron chi connectivity index (χ2n) is 6.66. The molecule has 134 valence electrons. The molecule has 0 bridgehead atoms. The van der Waals surface area contributed by atoms with Crippen molar-refractivity contribution in [2.45, 2.75) is 19.6 Å². The first-order valence-corrected chi connectivity index (χ1v) is 8.52. The van der Waals surface area contributed by atoms with E-state index < -0.39 is 0 Å². The van der Waals surface area contributed by atoms with Crippen molar-refractivity contribution in [2.24, 2.45) is 5.92 Å². The fourth-order valence-electron chi connectivity index (χ4n) is 3.01. The fourth-order valence-corrected chi connectivity index (χ4v) is 3.01. The molecule has 7 heteroatoms. The molecule has 1 aliphatic heterocycles. The Kier molecular flexibility index (Phi) is 5.78. The quantitative estimate of drug-likeness (QED) is 0.783. The van der Waals surface area contributed by atoms with E-state index in [4.69, 9.17) is 4.74 Å². The summed E-state index contributed by atoms with van der Waals surface area (Å²) in [6, 6.07) is 5.98. The standard InChI is InChI=1S/C18H25N5O2/c1-21(2)18(24)14-25-13-15-9-22(11-16-5-3-4-6-19-16)12-17-20-7-8-23(17)10-15/h3-8,15H,9-14H2,1-2H3/t15-/m1/s1. The molecule has 3 heterocycles. The zero-order valence-corrected chi connectivity index (χ0v) is 14.8. The van der Waals surface area contributed by atoms with Gasteiger partial charge in [-0.15, -0.1) is 0 Å². The molecular weight excluding hydrogens is 318 g/mol. The Morgan fingerprint density at radius 2 is 2.16 bits per heavy atom. The first-order valence-electron chi connectivity index (χ1n) is 8.52. The maximum atomic E-state index is 11.7. The molecule has 0 saturated heterocycles. The molecule has 1 amide bonds. The Labute approximate surface area is 148 Å². The Balaban J connectivity index is 1.63. The van der Waals surface area contributed by atoms with Crippen molar-refractivity contribution in [3.05, 3.63) is 48.3 Å². The average molecular weight is 343 g/mol. The minimum atomic E-state index is -0.0118. The van der Waals surface area contributed by atoms with Gasteiger partial charge in [-0.2, -0.15) is 0 Å². The number of pyridine rings is 1. The highest BCUT2D eigenvalue weighted by molar-refractivity contribution is 5.76. The van der Waals surface area contributed by atoms with Gasteiger partial charge in [0.2, 0.25) is 5.91 Å². The lowest BCUT2D eigenvalue weighted by atomic mass is 10.1. The number of aromatic nitrogens is 3. The predicted octanol–water partition coefficient (Wildman–Crippen LogP) is 1.01. The number of nitrogens with zero attached hydrogens (tertiary/aromatic N) is 5. The zero-order chi connectivity index (χ0) is 17.6. The van der Waals surface area contributed by atoms with Crippen LogP contribution in [0, 0.1) is 5.92 Å². The van der Waals surface area contributed by atoms with Gasteiger partial charge in [0.1, 0.15) is 12.4 Å². The highest BCUT2D eigenvalue weighted by Gasteiger charge is 2.23. The van der Waals surface area contributed by atoms with Gasteiger partial charge >= 0.3 is 0 Å². The van der Waals surface area contributed by atoms with E-state index in [2.05, 4.69) is 19.4 Å². The lowest BCUT2D eigenvalue weighted by Crippen LogP contribution is -2.32. The molecular formula is C18H25N5O2. The highest BCUT2D eigenvalue weighted by atomic mass is 16.5. The SMILES string of the molecule is CN(C)C(=O)COC[C@@H]1CN(Cc2ccccn2)Cc2nccn2C1. The van der Waals surface area contributed by atoms with Crippen LogP contribution < -0.4 is 0 Å². The fraction of sp³-hybridized carbons (Fsp3) is 0.500. The number of carbonyl (C=O) groups is 1. The van der Waals surface area contributed by atoms with Crippen molar-refractivity contribution in [3.63, 3.8) is 0 Å². The van der Waals surface area contributed by atoms with Gasteiger partial charge in [-0.3, -0.25) is 14.7 Å². The first-order chi connectivity index (χ1) is 12.1. The van der Waals surface area contributed by atoms with Crippen LogP contribution in [-0.4, -0.2) is 64.1 Å². The number of amides is 1. The lowest BCUT2D eigenvalue weighted by Gasteiger charge is -2.23. The van der Waals surface area contributed by atoms with Gasteiger partial charge in [-0.25, -0.2) is 4.98 Å². The van der Waals surface area contributed by atoms with E-state index in [-0.39, 0.29) is 12.5 Å². The van der Waals surface area contributed by atoms with Gasteiger partial charge in [0.25, 0.3) is 0 Å². The third-order valence-electron chi connectivity index (χ3n) is 4.33. The van der Waals surface area contributed by atoms with Gasteiger partial charge in [-0.1, -0.05) is 6.07 Å². The Hall–Kier alpha value is -2.25. The Morgan fingerprint density at radius 3 is 2.92 bits per heavy atom. The Bertz CT molecular complexity index is 686. The van der Waals surface area contributed by atoms with Crippen molar-refractivity contribution in [3.8, 4) is 0 Å². The summed E-state index contributed by atoms with van der Waals surface area (Å²) in [6.45, 7) is 3.98. The smallest absolute Gasteiger partial charge is 0.248 e. The number of imidazole rings is 1. The molecule has 0 radical (unpaired) electrons. The third-order valence-corrected chi connectivity index (χ3v) is 4.33. The largest absolute Gasteiger partial charge is 0.371 e. The average Bonchev–Trinajstić information content (AvgIpc) is 2.95. The minimum Gasteiger partial charge on any atom is -0.371 e. The van der Waals surface area contributed by atoms with E-state index in [9.17, 15) is 4.79 Å². The van der Waals surface area contributed by atoms with E-state index in [1.807, 2.05) is 36.8 Å². The first kappa shape index (κ1) is 17.6. The van der Waals surface area contributed by atoms with E-state index in [0.29, 0.717) is 12.5 Å². The summed E-state index contributed by atoms with van der Waals surface area (Å²) in [4.78, 5) is 24.5. The van der Waals surface area contributed by atoms with Crippen LogP contribution in [0.25, 0.3) is 0 Å². The molecule has 2 aromatic rings. The molecule has 1 atom stereocenters.